The van der Waals surface area contributed by atoms with E-state index in [0.29, 0.717) is 0 Å². The largest absolute Gasteiger partial charge is 0.573 e. The van der Waals surface area contributed by atoms with Gasteiger partial charge in [0.15, 0.2) is 0 Å². The van der Waals surface area contributed by atoms with Crippen LogP contribution in [0.1, 0.15) is 11.1 Å². The summed E-state index contributed by atoms with van der Waals surface area (Å²) < 4.78 is 80.1. The third kappa shape index (κ3) is 4.16. The smallest absolute Gasteiger partial charge is 0.406 e. The van der Waals surface area contributed by atoms with Crippen LogP contribution in [0.4, 0.5) is 26.3 Å². The highest BCUT2D eigenvalue weighted by atomic mass is 19.4. The number of halogens is 6. The van der Waals surface area contributed by atoms with Crippen molar-refractivity contribution in [1.82, 2.24) is 0 Å². The highest BCUT2D eigenvalue weighted by molar-refractivity contribution is 5.73. The summed E-state index contributed by atoms with van der Waals surface area (Å²) in [5, 5.41) is 0. The zero-order valence-corrected chi connectivity index (χ0v) is 11.5. The molecule has 0 atom stereocenters. The molecule has 2 aromatic carbocycles. The van der Waals surface area contributed by atoms with Crippen molar-refractivity contribution in [3.8, 4) is 16.9 Å². The molecule has 0 aliphatic carbocycles. The number of nitrogens with two attached hydrogens (primary N) is 1. The molecule has 0 bridgehead atoms. The lowest BCUT2D eigenvalue weighted by atomic mass is 9.94. The van der Waals surface area contributed by atoms with E-state index in [1.54, 1.807) is 0 Å². The Hall–Kier alpha value is -2.22. The summed E-state index contributed by atoms with van der Waals surface area (Å²) >= 11 is 0. The lowest BCUT2D eigenvalue weighted by Crippen LogP contribution is -2.17. The van der Waals surface area contributed by atoms with Crippen molar-refractivity contribution >= 4 is 0 Å². The van der Waals surface area contributed by atoms with Gasteiger partial charge in [-0.15, -0.1) is 13.2 Å². The van der Waals surface area contributed by atoms with E-state index in [4.69, 9.17) is 5.73 Å². The molecule has 0 unspecified atom stereocenters. The second kappa shape index (κ2) is 6.11. The van der Waals surface area contributed by atoms with Gasteiger partial charge in [0.25, 0.3) is 0 Å². The van der Waals surface area contributed by atoms with Crippen LogP contribution in [0.2, 0.25) is 0 Å². The average Bonchev–Trinajstić information content (AvgIpc) is 2.44. The third-order valence-electron chi connectivity index (χ3n) is 3.03. The second-order valence-corrected chi connectivity index (χ2v) is 4.62. The van der Waals surface area contributed by atoms with Gasteiger partial charge in [-0.25, -0.2) is 0 Å². The Balaban J connectivity index is 2.60. The summed E-state index contributed by atoms with van der Waals surface area (Å²) in [7, 11) is 0. The molecular formula is C15H11F6NO. The fourth-order valence-electron chi connectivity index (χ4n) is 2.20. The Bertz CT molecular complexity index is 693. The fraction of sp³-hybridized carbons (Fsp3) is 0.200. The van der Waals surface area contributed by atoms with Gasteiger partial charge in [0, 0.05) is 6.54 Å². The van der Waals surface area contributed by atoms with Gasteiger partial charge in [0.1, 0.15) is 5.75 Å². The Kier molecular flexibility index (Phi) is 4.56. The van der Waals surface area contributed by atoms with Crippen LogP contribution in [0.3, 0.4) is 0 Å². The first-order valence-corrected chi connectivity index (χ1v) is 6.37. The van der Waals surface area contributed by atoms with Gasteiger partial charge in [-0.2, -0.15) is 13.2 Å². The van der Waals surface area contributed by atoms with E-state index in [1.807, 2.05) is 0 Å². The van der Waals surface area contributed by atoms with E-state index < -0.39 is 23.9 Å². The lowest BCUT2D eigenvalue weighted by Gasteiger charge is -2.17. The van der Waals surface area contributed by atoms with Crippen molar-refractivity contribution in [2.45, 2.75) is 19.1 Å². The van der Waals surface area contributed by atoms with Crippen LogP contribution in [0.15, 0.2) is 42.5 Å². The monoisotopic (exact) mass is 335 g/mol. The maximum atomic E-state index is 13.2. The molecule has 2 N–H and O–H groups in total. The summed E-state index contributed by atoms with van der Waals surface area (Å²) in [5.74, 6) is -0.602. The molecule has 0 saturated heterocycles. The van der Waals surface area contributed by atoms with E-state index in [9.17, 15) is 26.3 Å². The maximum absolute atomic E-state index is 13.2. The minimum Gasteiger partial charge on any atom is -0.406 e. The van der Waals surface area contributed by atoms with Crippen molar-refractivity contribution in [1.29, 1.82) is 0 Å². The molecule has 2 aromatic rings. The van der Waals surface area contributed by atoms with Crippen molar-refractivity contribution in [2.75, 3.05) is 0 Å². The summed E-state index contributed by atoms with van der Waals surface area (Å²) in [6, 6.07) is 7.81. The number of rotatable bonds is 3. The molecule has 0 aromatic heterocycles. The summed E-state index contributed by atoms with van der Waals surface area (Å²) in [5.41, 5.74) is 4.35. The number of hydrogen-bond donors (Lipinski definition) is 1. The SMILES string of the molecule is NCc1cccc(C(F)(F)F)c1-c1cccc(OC(F)(F)F)c1. The maximum Gasteiger partial charge on any atom is 0.573 e. The molecule has 0 aliphatic rings. The van der Waals surface area contributed by atoms with Gasteiger partial charge in [0.2, 0.25) is 0 Å². The second-order valence-electron chi connectivity index (χ2n) is 4.62. The first-order chi connectivity index (χ1) is 10.6. The molecule has 0 radical (unpaired) electrons. The van der Waals surface area contributed by atoms with Crippen molar-refractivity contribution in [3.05, 3.63) is 53.6 Å². The molecule has 0 amide bonds. The van der Waals surface area contributed by atoms with Gasteiger partial charge in [0.05, 0.1) is 5.56 Å². The van der Waals surface area contributed by atoms with Crippen LogP contribution in [0.5, 0.6) is 5.75 Å². The zero-order valence-electron chi connectivity index (χ0n) is 11.5. The molecule has 124 valence electrons. The van der Waals surface area contributed by atoms with Gasteiger partial charge < -0.3 is 10.5 Å². The molecule has 2 rings (SSSR count). The van der Waals surface area contributed by atoms with E-state index >= 15 is 0 Å². The summed E-state index contributed by atoms with van der Waals surface area (Å²) in [4.78, 5) is 0. The van der Waals surface area contributed by atoms with Crippen molar-refractivity contribution in [2.24, 2.45) is 5.73 Å². The minimum atomic E-state index is -4.93. The molecular weight excluding hydrogens is 324 g/mol. The van der Waals surface area contributed by atoms with Crippen LogP contribution in [0.25, 0.3) is 11.1 Å². The van der Waals surface area contributed by atoms with Gasteiger partial charge >= 0.3 is 12.5 Å². The molecule has 2 nitrogen and oxygen atoms in total. The van der Waals surface area contributed by atoms with Crippen LogP contribution in [-0.2, 0) is 12.7 Å². The number of benzene rings is 2. The predicted octanol–water partition coefficient (Wildman–Crippen LogP) is 4.73. The molecule has 0 aliphatic heterocycles. The number of alkyl halides is 6. The zero-order chi connectivity index (χ0) is 17.3. The van der Waals surface area contributed by atoms with E-state index in [2.05, 4.69) is 4.74 Å². The first kappa shape index (κ1) is 17.1. The number of hydrogen-bond acceptors (Lipinski definition) is 2. The van der Waals surface area contributed by atoms with Crippen LogP contribution in [-0.4, -0.2) is 6.36 Å². The van der Waals surface area contributed by atoms with E-state index in [-0.39, 0.29) is 23.2 Å². The standard InChI is InChI=1S/C15H11F6NO/c16-14(17,18)12-6-2-4-10(8-22)13(12)9-3-1-5-11(7-9)23-15(19,20)21/h1-7H,8,22H2. The molecule has 0 fully saturated rings. The van der Waals surface area contributed by atoms with Crippen LogP contribution in [0, 0.1) is 0 Å². The number of ether oxygens (including phenoxy) is 1. The fourth-order valence-corrected chi connectivity index (χ4v) is 2.20. The normalized spacial score (nSPS) is 12.3. The lowest BCUT2D eigenvalue weighted by molar-refractivity contribution is -0.274. The van der Waals surface area contributed by atoms with Gasteiger partial charge in [-0.3, -0.25) is 0 Å². The minimum absolute atomic E-state index is 0.0554. The highest BCUT2D eigenvalue weighted by Crippen LogP contribution is 2.40. The van der Waals surface area contributed by atoms with Crippen LogP contribution >= 0.6 is 0 Å². The summed E-state index contributed by atoms with van der Waals surface area (Å²) in [6.07, 6.45) is -9.60. The quantitative estimate of drug-likeness (QED) is 0.823. The molecule has 0 heterocycles. The molecule has 23 heavy (non-hydrogen) atoms. The Morgan fingerprint density at radius 1 is 0.913 bits per heavy atom. The van der Waals surface area contributed by atoms with E-state index in [1.165, 1.54) is 24.3 Å². The van der Waals surface area contributed by atoms with Crippen molar-refractivity contribution < 1.29 is 31.1 Å². The molecule has 0 saturated carbocycles. The highest BCUT2D eigenvalue weighted by Gasteiger charge is 2.35. The van der Waals surface area contributed by atoms with E-state index in [0.717, 1.165) is 18.2 Å². The Labute approximate surface area is 127 Å². The Morgan fingerprint density at radius 3 is 2.13 bits per heavy atom. The summed E-state index contributed by atoms with van der Waals surface area (Å²) in [6.45, 7) is -0.191. The van der Waals surface area contributed by atoms with Gasteiger partial charge in [-0.1, -0.05) is 24.3 Å². The predicted molar refractivity (Wildman–Crippen MR) is 71.5 cm³/mol. The van der Waals surface area contributed by atoms with Gasteiger partial charge in [-0.05, 0) is 34.9 Å². The third-order valence-corrected chi connectivity index (χ3v) is 3.03. The molecule has 8 heteroatoms. The first-order valence-electron chi connectivity index (χ1n) is 6.37. The topological polar surface area (TPSA) is 35.2 Å². The Morgan fingerprint density at radius 2 is 1.57 bits per heavy atom. The average molecular weight is 335 g/mol. The van der Waals surface area contributed by atoms with Crippen LogP contribution < -0.4 is 10.5 Å². The van der Waals surface area contributed by atoms with Crippen molar-refractivity contribution in [3.63, 3.8) is 0 Å². The molecule has 0 spiro atoms.